The molecule has 0 bridgehead atoms. The molecule has 48 heavy (non-hydrogen) atoms. The van der Waals surface area contributed by atoms with E-state index in [2.05, 4.69) is 16.7 Å². The first-order valence-electron chi connectivity index (χ1n) is 15.7. The van der Waals surface area contributed by atoms with Crippen molar-refractivity contribution in [2.75, 3.05) is 44.3 Å². The lowest BCUT2D eigenvalue weighted by Crippen LogP contribution is -2.56. The van der Waals surface area contributed by atoms with Gasteiger partial charge in [-0.05, 0) is 55.7 Å². The first kappa shape index (κ1) is 33.1. The summed E-state index contributed by atoms with van der Waals surface area (Å²) in [6.45, 7) is 3.56. The van der Waals surface area contributed by atoms with Crippen molar-refractivity contribution < 1.29 is 36.7 Å². The van der Waals surface area contributed by atoms with E-state index in [0.717, 1.165) is 12.1 Å². The fraction of sp³-hybridized carbons (Fsp3) is 0.424. The van der Waals surface area contributed by atoms with Crippen molar-refractivity contribution in [2.24, 2.45) is 0 Å². The van der Waals surface area contributed by atoms with E-state index < -0.39 is 53.3 Å². The molecule has 2 saturated heterocycles. The van der Waals surface area contributed by atoms with Gasteiger partial charge in [0.15, 0.2) is 5.69 Å². The zero-order valence-corrected chi connectivity index (χ0v) is 26.0. The number of rotatable bonds is 6. The third kappa shape index (κ3) is 6.13. The van der Waals surface area contributed by atoms with Gasteiger partial charge >= 0.3 is 6.18 Å². The summed E-state index contributed by atoms with van der Waals surface area (Å²) in [7, 11) is 0. The second-order valence-electron chi connectivity index (χ2n) is 11.9. The number of nitrogens with one attached hydrogen (secondary N) is 2. The number of likely N-dealkylation sites (N-methyl/N-ethyl adjacent to an activating group) is 1. The molecular formula is C33H33F4N7O4. The first-order valence-corrected chi connectivity index (χ1v) is 15.7. The Morgan fingerprint density at radius 1 is 1.15 bits per heavy atom. The normalized spacial score (nSPS) is 21.8. The topological polar surface area (TPSA) is 133 Å². The van der Waals surface area contributed by atoms with Crippen LogP contribution >= 0.6 is 0 Å². The van der Waals surface area contributed by atoms with E-state index in [1.165, 1.54) is 40.1 Å². The van der Waals surface area contributed by atoms with Gasteiger partial charge in [0.25, 0.3) is 17.7 Å². The van der Waals surface area contributed by atoms with Crippen molar-refractivity contribution in [3.63, 3.8) is 0 Å². The number of alkyl halides is 3. The molecule has 0 radical (unpaired) electrons. The second kappa shape index (κ2) is 13.4. The van der Waals surface area contributed by atoms with Crippen LogP contribution in [0.3, 0.4) is 0 Å². The maximum absolute atomic E-state index is 14.4. The van der Waals surface area contributed by atoms with Crippen LogP contribution in [0.1, 0.15) is 69.3 Å². The van der Waals surface area contributed by atoms with Gasteiger partial charge in [-0.25, -0.2) is 9.07 Å². The highest BCUT2D eigenvalue weighted by atomic mass is 19.4. The van der Waals surface area contributed by atoms with Crippen molar-refractivity contribution in [2.45, 2.75) is 50.0 Å². The van der Waals surface area contributed by atoms with Crippen LogP contribution < -0.4 is 15.5 Å². The minimum atomic E-state index is -4.71. The fourth-order valence-corrected chi connectivity index (χ4v) is 6.66. The number of ether oxygens (including phenoxy) is 1. The van der Waals surface area contributed by atoms with Crippen LogP contribution in [0.4, 0.5) is 23.4 Å². The molecule has 252 valence electrons. The summed E-state index contributed by atoms with van der Waals surface area (Å²) in [4.78, 5) is 45.3. The molecule has 3 unspecified atom stereocenters. The Hall–Kier alpha value is -4.81. The second-order valence-corrected chi connectivity index (χ2v) is 11.9. The lowest BCUT2D eigenvalue weighted by Gasteiger charge is -2.39. The number of benzene rings is 2. The van der Waals surface area contributed by atoms with Gasteiger partial charge in [-0.2, -0.15) is 23.5 Å². The number of hydrogen-bond donors (Lipinski definition) is 2. The van der Waals surface area contributed by atoms with Crippen molar-refractivity contribution in [1.82, 2.24) is 25.3 Å². The summed E-state index contributed by atoms with van der Waals surface area (Å²) < 4.78 is 62.0. The smallest absolute Gasteiger partial charge is 0.381 e. The first-order chi connectivity index (χ1) is 23.0. The Morgan fingerprint density at radius 2 is 1.88 bits per heavy atom. The van der Waals surface area contributed by atoms with Gasteiger partial charge in [-0.15, -0.1) is 0 Å². The quantitative estimate of drug-likeness (QED) is 0.384. The largest absolute Gasteiger partial charge is 0.416 e. The van der Waals surface area contributed by atoms with Crippen LogP contribution in [0.2, 0.25) is 0 Å². The van der Waals surface area contributed by atoms with Crippen LogP contribution in [0.5, 0.6) is 0 Å². The molecule has 3 aromatic rings. The molecule has 6 rings (SSSR count). The van der Waals surface area contributed by atoms with Crippen LogP contribution in [0.15, 0.2) is 48.5 Å². The van der Waals surface area contributed by atoms with E-state index in [1.807, 2.05) is 0 Å². The Labute approximate surface area is 273 Å². The van der Waals surface area contributed by atoms with Crippen LogP contribution in [0.25, 0.3) is 0 Å². The van der Waals surface area contributed by atoms with Gasteiger partial charge in [0.1, 0.15) is 23.7 Å². The number of anilines is 1. The average molecular weight is 668 g/mol. The predicted molar refractivity (Wildman–Crippen MR) is 164 cm³/mol. The van der Waals surface area contributed by atoms with Crippen molar-refractivity contribution in [1.29, 1.82) is 5.26 Å². The van der Waals surface area contributed by atoms with E-state index in [1.54, 1.807) is 11.6 Å². The minimum Gasteiger partial charge on any atom is -0.381 e. The summed E-state index contributed by atoms with van der Waals surface area (Å²) in [5, 5.41) is 20.4. The summed E-state index contributed by atoms with van der Waals surface area (Å²) in [5.74, 6) is -3.40. The van der Waals surface area contributed by atoms with E-state index in [-0.39, 0.29) is 36.9 Å². The lowest BCUT2D eigenvalue weighted by molar-refractivity contribution is -0.137. The molecule has 2 aromatic carbocycles. The van der Waals surface area contributed by atoms with Gasteiger partial charge in [-0.3, -0.25) is 19.3 Å². The molecule has 0 saturated carbocycles. The molecular weight excluding hydrogens is 634 g/mol. The molecule has 3 amide bonds. The monoisotopic (exact) mass is 667 g/mol. The van der Waals surface area contributed by atoms with Crippen molar-refractivity contribution in [3.8, 4) is 6.07 Å². The number of piperazine rings is 1. The molecule has 4 heterocycles. The number of halogens is 4. The highest BCUT2D eigenvalue weighted by Crippen LogP contribution is 2.45. The van der Waals surface area contributed by atoms with Crippen LogP contribution in [-0.4, -0.2) is 83.9 Å². The predicted octanol–water partition coefficient (Wildman–Crippen LogP) is 3.63. The Kier molecular flexibility index (Phi) is 9.22. The number of amides is 3. The maximum atomic E-state index is 14.4. The molecule has 0 aliphatic carbocycles. The molecule has 2 N–H and O–H groups in total. The summed E-state index contributed by atoms with van der Waals surface area (Å²) in [6, 6.07) is 8.75. The Balaban J connectivity index is 1.54. The Morgan fingerprint density at radius 3 is 2.54 bits per heavy atom. The molecule has 15 heteroatoms. The van der Waals surface area contributed by atoms with Gasteiger partial charge in [-0.1, -0.05) is 18.2 Å². The molecule has 3 aliphatic rings. The van der Waals surface area contributed by atoms with Gasteiger partial charge in [0, 0.05) is 56.4 Å². The van der Waals surface area contributed by atoms with Gasteiger partial charge in [0.2, 0.25) is 0 Å². The zero-order valence-electron chi connectivity index (χ0n) is 26.0. The molecule has 3 atom stereocenters. The minimum absolute atomic E-state index is 0.0303. The number of hydrogen-bond acceptors (Lipinski definition) is 7. The summed E-state index contributed by atoms with van der Waals surface area (Å²) in [5.41, 5.74) is -0.724. The van der Waals surface area contributed by atoms with E-state index in [0.29, 0.717) is 55.6 Å². The average Bonchev–Trinajstić information content (AvgIpc) is 3.48. The Bertz CT molecular complexity index is 1750. The van der Waals surface area contributed by atoms with Crippen molar-refractivity contribution >= 4 is 23.5 Å². The number of nitrogens with zero attached hydrogens (tertiary/aromatic N) is 5. The lowest BCUT2D eigenvalue weighted by atomic mass is 9.80. The number of nitriles is 1. The summed E-state index contributed by atoms with van der Waals surface area (Å²) in [6.07, 6.45) is -3.63. The van der Waals surface area contributed by atoms with E-state index >= 15 is 0 Å². The van der Waals surface area contributed by atoms with Crippen LogP contribution in [0, 0.1) is 17.1 Å². The van der Waals surface area contributed by atoms with Gasteiger partial charge in [0.05, 0.1) is 17.7 Å². The summed E-state index contributed by atoms with van der Waals surface area (Å²) >= 11 is 0. The highest BCUT2D eigenvalue weighted by molar-refractivity contribution is 6.07. The zero-order chi connectivity index (χ0) is 34.2. The van der Waals surface area contributed by atoms with E-state index in [9.17, 15) is 37.2 Å². The third-order valence-corrected chi connectivity index (χ3v) is 9.03. The number of fused-ring (bicyclic) bond motifs is 1. The van der Waals surface area contributed by atoms with E-state index in [4.69, 9.17) is 9.84 Å². The molecule has 3 aliphatic heterocycles. The third-order valence-electron chi connectivity index (χ3n) is 9.03. The van der Waals surface area contributed by atoms with Crippen LogP contribution in [-0.2, 0) is 15.7 Å². The molecule has 1 aromatic heterocycles. The highest BCUT2D eigenvalue weighted by Gasteiger charge is 2.48. The van der Waals surface area contributed by atoms with Crippen molar-refractivity contribution in [3.05, 3.63) is 82.3 Å². The SMILES string of the molecule is CCN1C(=O)C(NC(=O)c2cccc(C(F)(F)F)c2)C(c2ccc(F)cc2)c2c(C(=O)N3CCNCC3C#N)nn(C3CCOCC3)c21. The fourth-order valence-electron chi connectivity index (χ4n) is 6.66. The maximum Gasteiger partial charge on any atom is 0.416 e. The number of carbonyl (C=O) groups excluding carboxylic acids is 3. The molecule has 0 spiro atoms. The standard InChI is InChI=1S/C33H33F4N7O4/c1-2-42-30-26(28(41-44(30)23-10-14-48-15-11-23)32(47)43-13-12-39-18-24(43)17-38)25(19-6-8-22(34)9-7-19)27(31(42)46)40-29(45)20-4-3-5-21(16-20)33(35,36)37/h3-9,16,23-25,27,39H,2,10-15,18H2,1H3,(H,40,45). The number of aromatic nitrogens is 2. The number of carbonyl (C=O) groups is 3. The molecule has 11 nitrogen and oxygen atoms in total. The molecule has 2 fully saturated rings. The van der Waals surface area contributed by atoms with Gasteiger partial charge < -0.3 is 20.3 Å².